The summed E-state index contributed by atoms with van der Waals surface area (Å²) in [6, 6.07) is 1.17. The zero-order valence-corrected chi connectivity index (χ0v) is 13.4. The number of carbonyl (C=O) groups is 1. The molecular formula is C10H14ClNO6S2. The van der Waals surface area contributed by atoms with Crippen LogP contribution in [0.25, 0.3) is 0 Å². The van der Waals surface area contributed by atoms with Gasteiger partial charge in [-0.25, -0.2) is 13.2 Å². The van der Waals surface area contributed by atoms with Crippen molar-refractivity contribution >= 4 is 38.9 Å². The number of sulfonamides is 1. The van der Waals surface area contributed by atoms with Gasteiger partial charge in [-0.1, -0.05) is 11.6 Å². The summed E-state index contributed by atoms with van der Waals surface area (Å²) in [7, 11) is -0.350. The van der Waals surface area contributed by atoms with E-state index < -0.39 is 22.3 Å². The molecule has 0 radical (unpaired) electrons. The van der Waals surface area contributed by atoms with Gasteiger partial charge in [0.05, 0.1) is 18.0 Å². The Hall–Kier alpha value is -0.710. The predicted molar refractivity (Wildman–Crippen MR) is 73.5 cm³/mol. The molecule has 0 saturated heterocycles. The lowest BCUT2D eigenvalue weighted by Gasteiger charge is -2.19. The van der Waals surface area contributed by atoms with Crippen LogP contribution < -0.4 is 0 Å². The average molecular weight is 344 g/mol. The molecule has 10 heteroatoms. The van der Waals surface area contributed by atoms with Crippen molar-refractivity contribution in [3.05, 3.63) is 15.3 Å². The first-order chi connectivity index (χ1) is 9.23. The summed E-state index contributed by atoms with van der Waals surface area (Å²) < 4.78 is 34.8. The van der Waals surface area contributed by atoms with Crippen molar-refractivity contribution in [1.82, 2.24) is 4.31 Å². The number of methoxy groups -OCH3 is 2. The van der Waals surface area contributed by atoms with Gasteiger partial charge in [0, 0.05) is 14.2 Å². The topological polar surface area (TPSA) is 93.1 Å². The number of nitrogens with zero attached hydrogens (tertiary/aromatic N) is 1. The Kier molecular flexibility index (Phi) is 5.92. The van der Waals surface area contributed by atoms with E-state index in [0.29, 0.717) is 0 Å². The molecule has 1 heterocycles. The van der Waals surface area contributed by atoms with Gasteiger partial charge in [-0.05, 0) is 6.07 Å². The summed E-state index contributed by atoms with van der Waals surface area (Å²) in [6.45, 7) is -0.285. The van der Waals surface area contributed by atoms with Gasteiger partial charge < -0.3 is 14.6 Å². The van der Waals surface area contributed by atoms with Crippen molar-refractivity contribution in [1.29, 1.82) is 0 Å². The molecule has 20 heavy (non-hydrogen) atoms. The number of hydrogen-bond donors (Lipinski definition) is 1. The molecule has 0 amide bonds. The van der Waals surface area contributed by atoms with E-state index in [4.69, 9.17) is 11.6 Å². The monoisotopic (exact) mass is 343 g/mol. The molecule has 114 valence electrons. The van der Waals surface area contributed by atoms with Crippen molar-refractivity contribution in [3.63, 3.8) is 0 Å². The van der Waals surface area contributed by atoms with Crippen LogP contribution in [0.15, 0.2) is 11.0 Å². The third-order valence-corrected chi connectivity index (χ3v) is 5.63. The Morgan fingerprint density at radius 2 is 2.15 bits per heavy atom. The summed E-state index contributed by atoms with van der Waals surface area (Å²) in [5.41, 5.74) is 0. The maximum absolute atomic E-state index is 12.3. The third kappa shape index (κ3) is 3.68. The van der Waals surface area contributed by atoms with Crippen molar-refractivity contribution in [2.75, 3.05) is 27.8 Å². The van der Waals surface area contributed by atoms with Gasteiger partial charge in [0.15, 0.2) is 6.29 Å². The molecule has 1 N–H and O–H groups in total. The lowest BCUT2D eigenvalue weighted by Crippen LogP contribution is -2.35. The summed E-state index contributed by atoms with van der Waals surface area (Å²) in [5.74, 6) is -0.791. The van der Waals surface area contributed by atoms with E-state index >= 15 is 0 Å². The molecule has 1 atom stereocenters. The Morgan fingerprint density at radius 3 is 2.65 bits per heavy atom. The molecule has 7 nitrogen and oxygen atoms in total. The van der Waals surface area contributed by atoms with Gasteiger partial charge >= 0.3 is 5.97 Å². The van der Waals surface area contributed by atoms with E-state index in [1.807, 2.05) is 0 Å². The number of halogens is 1. The third-order valence-electron chi connectivity index (χ3n) is 2.41. The van der Waals surface area contributed by atoms with E-state index in [1.165, 1.54) is 20.2 Å². The SMILES string of the molecule is COC(=O)c1sc(Cl)cc1S(=O)(=O)N(C)CC(O)OC. The normalized spacial score (nSPS) is 13.5. The van der Waals surface area contributed by atoms with Crippen molar-refractivity contribution in [3.8, 4) is 0 Å². The van der Waals surface area contributed by atoms with E-state index in [2.05, 4.69) is 9.47 Å². The Morgan fingerprint density at radius 1 is 1.55 bits per heavy atom. The quantitative estimate of drug-likeness (QED) is 0.606. The first-order valence-corrected chi connectivity index (χ1v) is 7.92. The highest BCUT2D eigenvalue weighted by Crippen LogP contribution is 2.32. The lowest BCUT2D eigenvalue weighted by atomic mass is 10.5. The number of hydrogen-bond acceptors (Lipinski definition) is 7. The van der Waals surface area contributed by atoms with Crippen LogP contribution in [0.2, 0.25) is 4.34 Å². The van der Waals surface area contributed by atoms with E-state index in [9.17, 15) is 18.3 Å². The molecule has 0 fully saturated rings. The zero-order chi connectivity index (χ0) is 15.5. The number of thiophene rings is 1. The van der Waals surface area contributed by atoms with Crippen LogP contribution in [0.4, 0.5) is 0 Å². The minimum absolute atomic E-state index is 0.115. The largest absolute Gasteiger partial charge is 0.465 e. The van der Waals surface area contributed by atoms with Gasteiger partial charge in [0.2, 0.25) is 10.0 Å². The van der Waals surface area contributed by atoms with Gasteiger partial charge in [0.25, 0.3) is 0 Å². The predicted octanol–water partition coefficient (Wildman–Crippen LogP) is 0.773. The second-order valence-corrected chi connectivity index (χ2v) is 7.41. The fourth-order valence-corrected chi connectivity index (χ4v) is 4.20. The Labute approximate surface area is 125 Å². The number of ether oxygens (including phenoxy) is 2. The Balaban J connectivity index is 3.18. The highest BCUT2D eigenvalue weighted by atomic mass is 35.5. The highest BCUT2D eigenvalue weighted by Gasteiger charge is 2.30. The molecule has 1 aromatic heterocycles. The second kappa shape index (κ2) is 6.83. The number of aliphatic hydroxyl groups is 1. The molecular weight excluding hydrogens is 330 g/mol. The van der Waals surface area contributed by atoms with Gasteiger partial charge in [-0.2, -0.15) is 4.31 Å². The maximum atomic E-state index is 12.3. The van der Waals surface area contributed by atoms with Crippen LogP contribution in [0, 0.1) is 0 Å². The maximum Gasteiger partial charge on any atom is 0.349 e. The summed E-state index contributed by atoms with van der Waals surface area (Å²) in [5, 5.41) is 9.33. The molecule has 0 aliphatic rings. The Bertz CT molecular complexity index is 585. The van der Waals surface area contributed by atoms with Crippen molar-refractivity contribution in [2.45, 2.75) is 11.2 Å². The average Bonchev–Trinajstić information content (AvgIpc) is 2.80. The molecule has 1 rings (SSSR count). The smallest absolute Gasteiger partial charge is 0.349 e. The molecule has 0 aliphatic heterocycles. The standard InChI is InChI=1S/C10H14ClNO6S2/c1-12(5-8(13)17-2)20(15,16)6-4-7(11)19-9(6)10(14)18-3/h4,8,13H,5H2,1-3H3. The van der Waals surface area contributed by atoms with E-state index in [0.717, 1.165) is 22.8 Å². The van der Waals surface area contributed by atoms with Crippen LogP contribution in [-0.4, -0.2) is 57.9 Å². The highest BCUT2D eigenvalue weighted by molar-refractivity contribution is 7.89. The van der Waals surface area contributed by atoms with E-state index in [-0.39, 0.29) is 20.7 Å². The van der Waals surface area contributed by atoms with Crippen LogP contribution in [0.1, 0.15) is 9.67 Å². The lowest BCUT2D eigenvalue weighted by molar-refractivity contribution is -0.0789. The first-order valence-electron chi connectivity index (χ1n) is 5.28. The van der Waals surface area contributed by atoms with Crippen LogP contribution in [0.3, 0.4) is 0 Å². The number of likely N-dealkylation sites (N-methyl/N-ethyl adjacent to an activating group) is 1. The summed E-state index contributed by atoms with van der Waals surface area (Å²) >= 11 is 6.57. The zero-order valence-electron chi connectivity index (χ0n) is 11.0. The first kappa shape index (κ1) is 17.3. The molecule has 1 aromatic rings. The minimum Gasteiger partial charge on any atom is -0.465 e. The molecule has 0 aliphatic carbocycles. The summed E-state index contributed by atoms with van der Waals surface area (Å²) in [4.78, 5) is 11.2. The number of aliphatic hydroxyl groups excluding tert-OH is 1. The fraction of sp³-hybridized carbons (Fsp3) is 0.500. The van der Waals surface area contributed by atoms with Crippen LogP contribution in [-0.2, 0) is 19.5 Å². The summed E-state index contributed by atoms with van der Waals surface area (Å²) in [6.07, 6.45) is -1.27. The van der Waals surface area contributed by atoms with Gasteiger partial charge in [-0.3, -0.25) is 0 Å². The molecule has 0 aromatic carbocycles. The van der Waals surface area contributed by atoms with Gasteiger partial charge in [-0.15, -0.1) is 11.3 Å². The molecule has 0 saturated carbocycles. The van der Waals surface area contributed by atoms with Crippen LogP contribution >= 0.6 is 22.9 Å². The van der Waals surface area contributed by atoms with Crippen LogP contribution in [0.5, 0.6) is 0 Å². The number of esters is 1. The molecule has 0 bridgehead atoms. The van der Waals surface area contributed by atoms with E-state index in [1.54, 1.807) is 0 Å². The second-order valence-electron chi connectivity index (χ2n) is 3.71. The number of carbonyl (C=O) groups excluding carboxylic acids is 1. The number of rotatable bonds is 6. The van der Waals surface area contributed by atoms with Crippen molar-refractivity contribution < 1.29 is 27.8 Å². The van der Waals surface area contributed by atoms with Gasteiger partial charge in [0.1, 0.15) is 9.77 Å². The molecule has 0 spiro atoms. The van der Waals surface area contributed by atoms with Crippen molar-refractivity contribution in [2.24, 2.45) is 0 Å². The fourth-order valence-electron chi connectivity index (χ4n) is 1.33. The molecule has 1 unspecified atom stereocenters. The minimum atomic E-state index is -3.99.